The number of carbonyl (C=O) groups is 1. The van der Waals surface area contributed by atoms with E-state index in [1.54, 1.807) is 19.2 Å². The van der Waals surface area contributed by atoms with Gasteiger partial charge < -0.3 is 4.98 Å². The molecule has 0 radical (unpaired) electrons. The van der Waals surface area contributed by atoms with Gasteiger partial charge in [-0.25, -0.2) is 4.98 Å². The molecule has 5 rings (SSSR count). The van der Waals surface area contributed by atoms with Crippen molar-refractivity contribution in [1.82, 2.24) is 25.1 Å². The zero-order valence-electron chi connectivity index (χ0n) is 18.2. The molecule has 0 atom stereocenters. The standard InChI is InChI=1S/C26H21N5OS/c1-4-6-7-16(5-2)17-12-19-24(30-31-26(19)28-14-17)21-13-18-20(29-21)10-11-27-25(18)23-9-8-22(33-23)15(3)32/h4-14,29H,1H2,2-3H3,(H,28,30,31)/b7-6-,16-5+. The number of aromatic amines is 2. The Hall–Kier alpha value is -4.10. The maximum absolute atomic E-state index is 11.7. The first-order valence-electron chi connectivity index (χ1n) is 10.5. The molecule has 2 N–H and O–H groups in total. The van der Waals surface area contributed by atoms with Crippen molar-refractivity contribution in [2.75, 3.05) is 0 Å². The smallest absolute Gasteiger partial charge is 0.181 e. The third-order valence-corrected chi connectivity index (χ3v) is 6.66. The minimum atomic E-state index is 0.0591. The molecule has 33 heavy (non-hydrogen) atoms. The highest BCUT2D eigenvalue weighted by molar-refractivity contribution is 7.17. The second-order valence-corrected chi connectivity index (χ2v) is 8.64. The van der Waals surface area contributed by atoms with Crippen molar-refractivity contribution in [2.45, 2.75) is 13.8 Å². The lowest BCUT2D eigenvalue weighted by Crippen LogP contribution is -1.85. The Kier molecular flexibility index (Phi) is 5.32. The van der Waals surface area contributed by atoms with Gasteiger partial charge in [0.2, 0.25) is 0 Å². The van der Waals surface area contributed by atoms with Crippen LogP contribution in [0.5, 0.6) is 0 Å². The SMILES string of the molecule is C=C/C=C\C(=C/C)c1cnc2n[nH]c(-c3cc4c(-c5ccc(C(C)=O)s5)nccc4[nH]3)c2c1. The van der Waals surface area contributed by atoms with Gasteiger partial charge >= 0.3 is 0 Å². The summed E-state index contributed by atoms with van der Waals surface area (Å²) in [5.74, 6) is 0.0591. The summed E-state index contributed by atoms with van der Waals surface area (Å²) in [5, 5.41) is 9.44. The number of allylic oxidation sites excluding steroid dienone is 5. The number of hydrogen-bond donors (Lipinski definition) is 2. The molecule has 0 unspecified atom stereocenters. The maximum Gasteiger partial charge on any atom is 0.181 e. The molecular formula is C26H21N5OS. The first-order valence-corrected chi connectivity index (χ1v) is 11.3. The molecule has 0 amide bonds. The van der Waals surface area contributed by atoms with Crippen molar-refractivity contribution in [1.29, 1.82) is 0 Å². The molecule has 0 aliphatic heterocycles. The van der Waals surface area contributed by atoms with Crippen LogP contribution in [0.1, 0.15) is 29.1 Å². The fourth-order valence-corrected chi connectivity index (χ4v) is 4.75. The van der Waals surface area contributed by atoms with Crippen LogP contribution in [0, 0.1) is 0 Å². The summed E-state index contributed by atoms with van der Waals surface area (Å²) in [6.07, 6.45) is 11.3. The van der Waals surface area contributed by atoms with Crippen LogP contribution in [0.2, 0.25) is 0 Å². The van der Waals surface area contributed by atoms with Gasteiger partial charge in [0.1, 0.15) is 0 Å². The molecule has 0 aromatic carbocycles. The van der Waals surface area contributed by atoms with Crippen LogP contribution in [-0.4, -0.2) is 30.9 Å². The molecule has 7 heteroatoms. The third-order valence-electron chi connectivity index (χ3n) is 5.47. The number of pyridine rings is 2. The Morgan fingerprint density at radius 2 is 2.03 bits per heavy atom. The van der Waals surface area contributed by atoms with Gasteiger partial charge in [-0.3, -0.25) is 14.9 Å². The lowest BCUT2D eigenvalue weighted by molar-refractivity contribution is 0.102. The van der Waals surface area contributed by atoms with Gasteiger partial charge in [-0.15, -0.1) is 11.3 Å². The van der Waals surface area contributed by atoms with Gasteiger partial charge in [-0.2, -0.15) is 5.10 Å². The first-order chi connectivity index (χ1) is 16.1. The Bertz CT molecular complexity index is 1580. The second-order valence-electron chi connectivity index (χ2n) is 7.56. The highest BCUT2D eigenvalue weighted by Gasteiger charge is 2.16. The molecule has 0 saturated carbocycles. The zero-order valence-corrected chi connectivity index (χ0v) is 19.0. The molecule has 5 aromatic heterocycles. The number of thiophene rings is 1. The third kappa shape index (κ3) is 3.72. The molecule has 5 aromatic rings. The van der Waals surface area contributed by atoms with Crippen molar-refractivity contribution in [3.63, 3.8) is 0 Å². The number of Topliss-reactive ketones (excluding diaryl/α,β-unsaturated/α-hetero) is 1. The number of aromatic nitrogens is 5. The van der Waals surface area contributed by atoms with E-state index in [0.29, 0.717) is 5.65 Å². The number of nitrogens with zero attached hydrogens (tertiary/aromatic N) is 3. The molecule has 0 bridgehead atoms. The van der Waals surface area contributed by atoms with E-state index < -0.39 is 0 Å². The van der Waals surface area contributed by atoms with Crippen LogP contribution >= 0.6 is 11.3 Å². The topological polar surface area (TPSA) is 87.3 Å². The Morgan fingerprint density at radius 1 is 1.15 bits per heavy atom. The van der Waals surface area contributed by atoms with Crippen molar-refractivity contribution in [2.24, 2.45) is 0 Å². The number of carbonyl (C=O) groups excluding carboxylic acids is 1. The largest absolute Gasteiger partial charge is 0.353 e. The summed E-state index contributed by atoms with van der Waals surface area (Å²) in [4.78, 5) is 26.1. The van der Waals surface area contributed by atoms with E-state index in [2.05, 4.69) is 43.9 Å². The summed E-state index contributed by atoms with van der Waals surface area (Å²) in [7, 11) is 0. The number of H-pyrrole nitrogens is 2. The van der Waals surface area contributed by atoms with E-state index in [-0.39, 0.29) is 5.78 Å². The van der Waals surface area contributed by atoms with Crippen molar-refractivity contribution in [3.8, 4) is 22.0 Å². The van der Waals surface area contributed by atoms with Crippen LogP contribution in [0.4, 0.5) is 0 Å². The normalized spacial score (nSPS) is 12.2. The van der Waals surface area contributed by atoms with Crippen LogP contribution < -0.4 is 0 Å². The molecule has 5 heterocycles. The van der Waals surface area contributed by atoms with Crippen molar-refractivity contribution in [3.05, 3.63) is 84.0 Å². The quantitative estimate of drug-likeness (QED) is 0.225. The van der Waals surface area contributed by atoms with Gasteiger partial charge in [-0.05, 0) is 49.8 Å². The predicted octanol–water partition coefficient (Wildman–Crippen LogP) is 6.58. The van der Waals surface area contributed by atoms with Crippen molar-refractivity contribution >= 4 is 44.6 Å². The van der Waals surface area contributed by atoms with E-state index in [4.69, 9.17) is 0 Å². The van der Waals surface area contributed by atoms with Gasteiger partial charge in [0, 0.05) is 34.2 Å². The number of hydrogen-bond acceptors (Lipinski definition) is 5. The molecule has 0 spiro atoms. The molecule has 0 aliphatic carbocycles. The summed E-state index contributed by atoms with van der Waals surface area (Å²) in [6, 6.07) is 9.91. The average Bonchev–Trinajstić information content (AvgIpc) is 3.56. The fourth-order valence-electron chi connectivity index (χ4n) is 3.83. The van der Waals surface area contributed by atoms with Gasteiger partial charge in [0.15, 0.2) is 11.4 Å². The summed E-state index contributed by atoms with van der Waals surface area (Å²) in [6.45, 7) is 7.32. The van der Waals surface area contributed by atoms with Gasteiger partial charge in [0.05, 0.1) is 26.8 Å². The molecule has 162 valence electrons. The molecule has 0 fully saturated rings. The minimum Gasteiger partial charge on any atom is -0.353 e. The van der Waals surface area contributed by atoms with Crippen LogP contribution in [-0.2, 0) is 0 Å². The van der Waals surface area contributed by atoms with E-state index in [0.717, 1.165) is 54.3 Å². The number of ketones is 1. The van der Waals surface area contributed by atoms with Crippen molar-refractivity contribution < 1.29 is 4.79 Å². The predicted molar refractivity (Wildman–Crippen MR) is 135 cm³/mol. The highest BCUT2D eigenvalue weighted by atomic mass is 32.1. The lowest BCUT2D eigenvalue weighted by Gasteiger charge is -2.02. The van der Waals surface area contributed by atoms with E-state index in [9.17, 15) is 4.79 Å². The molecule has 6 nitrogen and oxygen atoms in total. The molecule has 0 aliphatic rings. The minimum absolute atomic E-state index is 0.0591. The first kappa shape index (κ1) is 20.8. The van der Waals surface area contributed by atoms with Crippen LogP contribution in [0.15, 0.2) is 73.6 Å². The average molecular weight is 452 g/mol. The number of nitrogens with one attached hydrogen (secondary N) is 2. The number of fused-ring (bicyclic) bond motifs is 2. The zero-order chi connectivity index (χ0) is 22.9. The summed E-state index contributed by atoms with van der Waals surface area (Å²) in [5.41, 5.74) is 6.27. The van der Waals surface area contributed by atoms with Gasteiger partial charge in [-0.1, -0.05) is 30.9 Å². The molecular weight excluding hydrogens is 430 g/mol. The lowest BCUT2D eigenvalue weighted by atomic mass is 10.0. The van der Waals surface area contributed by atoms with Gasteiger partial charge in [0.25, 0.3) is 0 Å². The Labute approximate surface area is 194 Å². The monoisotopic (exact) mass is 451 g/mol. The fraction of sp³-hybridized carbons (Fsp3) is 0.0769. The Morgan fingerprint density at radius 3 is 2.79 bits per heavy atom. The maximum atomic E-state index is 11.7. The van der Waals surface area contributed by atoms with Crippen LogP contribution in [0.3, 0.4) is 0 Å². The summed E-state index contributed by atoms with van der Waals surface area (Å²) >= 11 is 1.46. The van der Waals surface area contributed by atoms with E-state index in [1.165, 1.54) is 11.3 Å². The second kappa shape index (κ2) is 8.44. The highest BCUT2D eigenvalue weighted by Crippen LogP contribution is 2.35. The molecule has 0 saturated heterocycles. The summed E-state index contributed by atoms with van der Waals surface area (Å²) < 4.78 is 0. The van der Waals surface area contributed by atoms with Crippen LogP contribution in [0.25, 0.3) is 49.5 Å². The van der Waals surface area contributed by atoms with E-state index in [1.807, 2.05) is 49.5 Å². The number of rotatable bonds is 6. The van der Waals surface area contributed by atoms with E-state index >= 15 is 0 Å². The Balaban J connectivity index is 1.63.